The van der Waals surface area contributed by atoms with E-state index in [1.165, 1.54) is 23.5 Å². The summed E-state index contributed by atoms with van der Waals surface area (Å²) in [6.07, 6.45) is 0.0771. The Morgan fingerprint density at radius 2 is 1.56 bits per heavy atom. The van der Waals surface area contributed by atoms with Gasteiger partial charge in [0.1, 0.15) is 5.60 Å². The molecule has 0 bridgehead atoms. The summed E-state index contributed by atoms with van der Waals surface area (Å²) in [5.41, 5.74) is -1.62. The maximum atomic E-state index is 10.4. The molecule has 0 aliphatic heterocycles. The fourth-order valence-corrected chi connectivity index (χ4v) is 4.16. The zero-order chi connectivity index (χ0) is 14.0. The lowest BCUT2D eigenvalue weighted by atomic mass is 9.96. The van der Waals surface area contributed by atoms with Crippen LogP contribution in [0.5, 0.6) is 0 Å². The van der Waals surface area contributed by atoms with Gasteiger partial charge in [0.25, 0.3) is 0 Å². The van der Waals surface area contributed by atoms with Crippen LogP contribution in [0.3, 0.4) is 0 Å². The lowest BCUT2D eigenvalue weighted by Crippen LogP contribution is -2.53. The van der Waals surface area contributed by atoms with Crippen molar-refractivity contribution >= 4 is 23.5 Å². The summed E-state index contributed by atoms with van der Waals surface area (Å²) in [5, 5.41) is 47.5. The molecule has 0 heterocycles. The van der Waals surface area contributed by atoms with Crippen LogP contribution in [0.15, 0.2) is 0 Å². The van der Waals surface area contributed by atoms with Crippen molar-refractivity contribution in [2.24, 2.45) is 0 Å². The van der Waals surface area contributed by atoms with Gasteiger partial charge in [0.15, 0.2) is 0 Å². The van der Waals surface area contributed by atoms with Crippen LogP contribution in [-0.4, -0.2) is 73.1 Å². The molecular formula is C11H24O5S2. The molecule has 0 saturated carbocycles. The summed E-state index contributed by atoms with van der Waals surface area (Å²) in [6.45, 7) is 1.27. The van der Waals surface area contributed by atoms with Crippen LogP contribution in [-0.2, 0) is 0 Å². The minimum absolute atomic E-state index is 0.0355. The van der Waals surface area contributed by atoms with E-state index in [1.807, 2.05) is 6.92 Å². The quantitative estimate of drug-likeness (QED) is 0.332. The molecule has 0 aromatic heterocycles. The summed E-state index contributed by atoms with van der Waals surface area (Å²) in [5.74, 6) is 0.814. The van der Waals surface area contributed by atoms with E-state index in [-0.39, 0.29) is 13.2 Å². The van der Waals surface area contributed by atoms with E-state index in [2.05, 4.69) is 0 Å². The molecule has 110 valence electrons. The van der Waals surface area contributed by atoms with E-state index in [0.717, 1.165) is 0 Å². The Hall–Kier alpha value is 0.500. The van der Waals surface area contributed by atoms with E-state index in [1.54, 1.807) is 0 Å². The number of hydrogen-bond donors (Lipinski definition) is 5. The number of rotatable bonds is 11. The average Bonchev–Trinajstić information content (AvgIpc) is 2.38. The molecule has 0 aliphatic carbocycles. The zero-order valence-electron chi connectivity index (χ0n) is 10.7. The third kappa shape index (κ3) is 5.64. The van der Waals surface area contributed by atoms with Gasteiger partial charge in [-0.3, -0.25) is 0 Å². The van der Waals surface area contributed by atoms with Gasteiger partial charge < -0.3 is 25.5 Å². The Balaban J connectivity index is 4.73. The highest BCUT2D eigenvalue weighted by Gasteiger charge is 2.43. The normalized spacial score (nSPS) is 16.8. The van der Waals surface area contributed by atoms with Crippen molar-refractivity contribution in [2.75, 3.05) is 31.3 Å². The highest BCUT2D eigenvalue weighted by Crippen LogP contribution is 2.36. The van der Waals surface area contributed by atoms with Crippen LogP contribution in [0.2, 0.25) is 0 Å². The van der Waals surface area contributed by atoms with Gasteiger partial charge in [-0.05, 0) is 6.42 Å². The van der Waals surface area contributed by atoms with E-state index >= 15 is 0 Å². The van der Waals surface area contributed by atoms with Gasteiger partial charge in [-0.2, -0.15) is 0 Å². The fourth-order valence-electron chi connectivity index (χ4n) is 1.52. The molecular weight excluding hydrogens is 276 g/mol. The van der Waals surface area contributed by atoms with Crippen molar-refractivity contribution in [2.45, 2.75) is 36.1 Å². The summed E-state index contributed by atoms with van der Waals surface area (Å²) in [6, 6.07) is 0. The van der Waals surface area contributed by atoms with Crippen molar-refractivity contribution in [1.82, 2.24) is 0 Å². The van der Waals surface area contributed by atoms with Crippen LogP contribution in [0.1, 0.15) is 19.8 Å². The smallest absolute Gasteiger partial charge is 0.134 e. The molecule has 7 heteroatoms. The molecule has 0 fully saturated rings. The zero-order valence-corrected chi connectivity index (χ0v) is 12.3. The first-order valence-corrected chi connectivity index (χ1v) is 8.12. The molecule has 2 unspecified atom stereocenters. The molecule has 0 radical (unpaired) electrons. The SMILES string of the molecule is CCCC(O)C(O)(CO)C(SCCO)SCCO. The summed E-state index contributed by atoms with van der Waals surface area (Å²) < 4.78 is -0.483. The Labute approximate surface area is 117 Å². The van der Waals surface area contributed by atoms with E-state index in [0.29, 0.717) is 24.3 Å². The maximum Gasteiger partial charge on any atom is 0.134 e. The molecule has 0 spiro atoms. The van der Waals surface area contributed by atoms with Crippen molar-refractivity contribution < 1.29 is 25.5 Å². The van der Waals surface area contributed by atoms with Gasteiger partial charge in [0, 0.05) is 11.5 Å². The molecule has 0 aliphatic rings. The van der Waals surface area contributed by atoms with Crippen LogP contribution < -0.4 is 0 Å². The number of aliphatic hydroxyl groups is 5. The van der Waals surface area contributed by atoms with Crippen LogP contribution in [0.25, 0.3) is 0 Å². The highest BCUT2D eigenvalue weighted by molar-refractivity contribution is 8.17. The van der Waals surface area contributed by atoms with E-state index in [4.69, 9.17) is 10.2 Å². The van der Waals surface area contributed by atoms with E-state index in [9.17, 15) is 15.3 Å². The Morgan fingerprint density at radius 1 is 1.06 bits per heavy atom. The first-order valence-electron chi connectivity index (χ1n) is 6.03. The van der Waals surface area contributed by atoms with Gasteiger partial charge in [-0.25, -0.2) is 0 Å². The monoisotopic (exact) mass is 300 g/mol. The minimum Gasteiger partial charge on any atom is -0.396 e. The average molecular weight is 300 g/mol. The van der Waals surface area contributed by atoms with Crippen molar-refractivity contribution in [1.29, 1.82) is 0 Å². The first kappa shape index (κ1) is 18.5. The Bertz CT molecular complexity index is 200. The lowest BCUT2D eigenvalue weighted by Gasteiger charge is -2.37. The maximum absolute atomic E-state index is 10.4. The summed E-state index contributed by atoms with van der Waals surface area (Å²) in [4.78, 5) is 0. The van der Waals surface area contributed by atoms with Crippen LogP contribution in [0.4, 0.5) is 0 Å². The number of thioether (sulfide) groups is 2. The second-order valence-corrected chi connectivity index (χ2v) is 6.70. The standard InChI is InChI=1S/C11H24O5S2/c1-2-3-9(15)11(16,8-14)10(17-6-4-12)18-7-5-13/h9-10,12-16H,2-8H2,1H3. The largest absolute Gasteiger partial charge is 0.396 e. The van der Waals surface area contributed by atoms with Gasteiger partial charge in [0.2, 0.25) is 0 Å². The minimum atomic E-state index is -1.62. The molecule has 5 N–H and O–H groups in total. The van der Waals surface area contributed by atoms with Crippen LogP contribution >= 0.6 is 23.5 Å². The van der Waals surface area contributed by atoms with Gasteiger partial charge in [-0.15, -0.1) is 23.5 Å². The third-order valence-corrected chi connectivity index (χ3v) is 5.60. The molecule has 0 amide bonds. The second kappa shape index (κ2) is 10.3. The molecule has 0 aromatic rings. The molecule has 0 rings (SSSR count). The summed E-state index contributed by atoms with van der Waals surface area (Å²) in [7, 11) is 0. The predicted octanol–water partition coefficient (Wildman–Crippen LogP) is -0.352. The van der Waals surface area contributed by atoms with Gasteiger partial charge in [0.05, 0.1) is 30.5 Å². The summed E-state index contributed by atoms with van der Waals surface area (Å²) >= 11 is 2.56. The fraction of sp³-hybridized carbons (Fsp3) is 1.00. The van der Waals surface area contributed by atoms with E-state index < -0.39 is 22.9 Å². The predicted molar refractivity (Wildman–Crippen MR) is 75.8 cm³/mol. The third-order valence-electron chi connectivity index (χ3n) is 2.52. The van der Waals surface area contributed by atoms with Gasteiger partial charge in [-0.1, -0.05) is 13.3 Å². The number of aliphatic hydroxyl groups excluding tert-OH is 4. The van der Waals surface area contributed by atoms with Crippen molar-refractivity contribution in [3.8, 4) is 0 Å². The second-order valence-electron chi connectivity index (χ2n) is 3.97. The van der Waals surface area contributed by atoms with Crippen LogP contribution in [0, 0.1) is 0 Å². The first-order chi connectivity index (χ1) is 8.56. The molecule has 2 atom stereocenters. The molecule has 18 heavy (non-hydrogen) atoms. The Morgan fingerprint density at radius 3 is 1.89 bits per heavy atom. The molecule has 5 nitrogen and oxygen atoms in total. The lowest BCUT2D eigenvalue weighted by molar-refractivity contribution is -0.0961. The molecule has 0 saturated heterocycles. The topological polar surface area (TPSA) is 101 Å². The van der Waals surface area contributed by atoms with Gasteiger partial charge >= 0.3 is 0 Å². The molecule has 0 aromatic carbocycles. The Kier molecular flexibility index (Phi) is 10.6. The van der Waals surface area contributed by atoms with Crippen molar-refractivity contribution in [3.05, 3.63) is 0 Å². The van der Waals surface area contributed by atoms with Crippen molar-refractivity contribution in [3.63, 3.8) is 0 Å². The number of hydrogen-bond acceptors (Lipinski definition) is 7. The highest BCUT2D eigenvalue weighted by atomic mass is 32.2.